The lowest BCUT2D eigenvalue weighted by atomic mass is 9.82. The zero-order valence-corrected chi connectivity index (χ0v) is 22.1. The Kier molecular flexibility index (Phi) is 11.6. The van der Waals surface area contributed by atoms with Crippen molar-refractivity contribution < 1.29 is 9.90 Å². The van der Waals surface area contributed by atoms with Crippen LogP contribution in [-0.2, 0) is 0 Å². The number of carbonyl (C=O) groups excluding carboxylic acids is 1. The van der Waals surface area contributed by atoms with Crippen LogP contribution in [0.3, 0.4) is 0 Å². The fourth-order valence-corrected chi connectivity index (χ4v) is 5.02. The molecule has 1 aliphatic carbocycles. The second-order valence-electron chi connectivity index (χ2n) is 11.1. The van der Waals surface area contributed by atoms with E-state index in [1.54, 1.807) is 0 Å². The minimum atomic E-state index is -0.665. The van der Waals surface area contributed by atoms with Crippen molar-refractivity contribution in [2.45, 2.75) is 112 Å². The number of fused-ring (bicyclic) bond motifs is 1. The second-order valence-corrected chi connectivity index (χ2v) is 11.1. The number of hydrogen-bond acceptors (Lipinski definition) is 2. The summed E-state index contributed by atoms with van der Waals surface area (Å²) in [6.07, 6.45) is 13.9. The number of allylic oxidation sites excluding steroid dienone is 3. The summed E-state index contributed by atoms with van der Waals surface area (Å²) >= 11 is 0. The van der Waals surface area contributed by atoms with E-state index >= 15 is 0 Å². The van der Waals surface area contributed by atoms with E-state index in [4.69, 9.17) is 0 Å². The molecular formula is C31H48O2. The first kappa shape index (κ1) is 27.6. The molecule has 0 fully saturated rings. The van der Waals surface area contributed by atoms with Gasteiger partial charge in [-0.1, -0.05) is 109 Å². The maximum atomic E-state index is 12.9. The molecule has 0 aliphatic heterocycles. The molecule has 2 rings (SSSR count). The van der Waals surface area contributed by atoms with E-state index in [-0.39, 0.29) is 5.78 Å². The van der Waals surface area contributed by atoms with Gasteiger partial charge in [-0.2, -0.15) is 0 Å². The van der Waals surface area contributed by atoms with E-state index in [0.717, 1.165) is 40.9 Å². The van der Waals surface area contributed by atoms with E-state index in [0.29, 0.717) is 12.0 Å². The van der Waals surface area contributed by atoms with E-state index in [1.807, 2.05) is 31.2 Å². The van der Waals surface area contributed by atoms with Gasteiger partial charge in [-0.3, -0.25) is 4.79 Å². The average Bonchev–Trinajstić information content (AvgIpc) is 2.77. The van der Waals surface area contributed by atoms with Crippen LogP contribution < -0.4 is 0 Å². The second kappa shape index (κ2) is 13.9. The van der Waals surface area contributed by atoms with E-state index in [9.17, 15) is 9.90 Å². The first-order valence-electron chi connectivity index (χ1n) is 13.4. The third-order valence-electron chi connectivity index (χ3n) is 7.46. The Balaban J connectivity index is 1.70. The molecule has 0 spiro atoms. The summed E-state index contributed by atoms with van der Waals surface area (Å²) < 4.78 is 0. The largest absolute Gasteiger partial charge is 0.384 e. The molecule has 0 bridgehead atoms. The highest BCUT2D eigenvalue weighted by Crippen LogP contribution is 2.35. The molecule has 1 aliphatic rings. The molecule has 0 heterocycles. The molecule has 2 nitrogen and oxygen atoms in total. The number of Topliss-reactive ketones (excluding diaryl/α,β-unsaturated/α-hetero) is 1. The third-order valence-corrected chi connectivity index (χ3v) is 7.46. The van der Waals surface area contributed by atoms with Gasteiger partial charge < -0.3 is 5.11 Å². The zero-order chi connectivity index (χ0) is 24.4. The van der Waals surface area contributed by atoms with Gasteiger partial charge in [0, 0.05) is 11.1 Å². The molecule has 1 N–H and O–H groups in total. The Bertz CT molecular complexity index is 814. The Morgan fingerprint density at radius 1 is 0.939 bits per heavy atom. The fraction of sp³-hybridized carbons (Fsp3) is 0.645. The van der Waals surface area contributed by atoms with Gasteiger partial charge in [0.2, 0.25) is 0 Å². The summed E-state index contributed by atoms with van der Waals surface area (Å²) in [5.41, 5.74) is 4.30. The Morgan fingerprint density at radius 2 is 1.52 bits per heavy atom. The van der Waals surface area contributed by atoms with Crippen molar-refractivity contribution in [2.75, 3.05) is 0 Å². The van der Waals surface area contributed by atoms with Crippen LogP contribution in [0.5, 0.6) is 0 Å². The molecule has 0 unspecified atom stereocenters. The van der Waals surface area contributed by atoms with Crippen molar-refractivity contribution in [3.8, 4) is 0 Å². The van der Waals surface area contributed by atoms with Crippen molar-refractivity contribution in [3.63, 3.8) is 0 Å². The lowest BCUT2D eigenvalue weighted by molar-refractivity contribution is 0.101. The first-order chi connectivity index (χ1) is 15.7. The highest BCUT2D eigenvalue weighted by Gasteiger charge is 2.28. The average molecular weight is 453 g/mol. The van der Waals surface area contributed by atoms with Crippen LogP contribution in [0.4, 0.5) is 0 Å². The topological polar surface area (TPSA) is 37.3 Å². The Hall–Kier alpha value is -1.67. The molecule has 2 heteroatoms. The molecule has 0 radical (unpaired) electrons. The molecular weight excluding hydrogens is 404 g/mol. The van der Waals surface area contributed by atoms with Crippen LogP contribution in [0, 0.1) is 17.8 Å². The number of ketones is 1. The van der Waals surface area contributed by atoms with Crippen LogP contribution >= 0.6 is 0 Å². The van der Waals surface area contributed by atoms with Gasteiger partial charge in [-0.15, -0.1) is 0 Å². The monoisotopic (exact) mass is 452 g/mol. The Labute approximate surface area is 203 Å². The zero-order valence-electron chi connectivity index (χ0n) is 22.1. The maximum Gasteiger partial charge on any atom is 0.189 e. The SMILES string of the molecule is CC1=C(C/C=C(\C)CCC[C@H](C)CCC[C@H](C)CCCC(C)C)C(=O)c2ccccc2[C@H]1O. The minimum absolute atomic E-state index is 0.0736. The van der Waals surface area contributed by atoms with Crippen LogP contribution in [-0.4, -0.2) is 10.9 Å². The van der Waals surface area contributed by atoms with Gasteiger partial charge in [-0.05, 0) is 62.0 Å². The summed E-state index contributed by atoms with van der Waals surface area (Å²) in [4.78, 5) is 12.9. The van der Waals surface area contributed by atoms with Crippen LogP contribution in [0.2, 0.25) is 0 Å². The van der Waals surface area contributed by atoms with Gasteiger partial charge in [0.15, 0.2) is 5.78 Å². The summed E-state index contributed by atoms with van der Waals surface area (Å²) in [7, 11) is 0. The highest BCUT2D eigenvalue weighted by molar-refractivity contribution is 6.11. The standard InChI is InChI=1S/C31H48O2/c1-22(2)12-9-13-23(3)14-10-15-24(4)16-11-17-25(5)20-21-27-26(6)30(32)28-18-7-8-19-29(28)31(27)33/h7-8,18-20,22-24,30,32H,9-17,21H2,1-6H3/b25-20+/t23-,24-,30+/m1/s1. The number of rotatable bonds is 14. The Morgan fingerprint density at radius 3 is 2.15 bits per heavy atom. The molecule has 0 amide bonds. The van der Waals surface area contributed by atoms with Gasteiger partial charge in [0.1, 0.15) is 6.10 Å². The van der Waals surface area contributed by atoms with Crippen molar-refractivity contribution in [1.29, 1.82) is 0 Å². The van der Waals surface area contributed by atoms with Crippen molar-refractivity contribution >= 4 is 5.78 Å². The smallest absolute Gasteiger partial charge is 0.189 e. The van der Waals surface area contributed by atoms with Gasteiger partial charge in [0.05, 0.1) is 0 Å². The lowest BCUT2D eigenvalue weighted by Gasteiger charge is -2.24. The quantitative estimate of drug-likeness (QED) is 0.286. The number of aliphatic hydroxyl groups is 1. The van der Waals surface area contributed by atoms with Gasteiger partial charge >= 0.3 is 0 Å². The van der Waals surface area contributed by atoms with E-state index in [1.165, 1.54) is 56.9 Å². The minimum Gasteiger partial charge on any atom is -0.384 e. The molecule has 0 saturated heterocycles. The van der Waals surface area contributed by atoms with Crippen LogP contribution in [0.15, 0.2) is 47.1 Å². The predicted octanol–water partition coefficient (Wildman–Crippen LogP) is 9.01. The lowest BCUT2D eigenvalue weighted by Crippen LogP contribution is -2.19. The number of benzene rings is 1. The molecule has 0 saturated carbocycles. The molecule has 184 valence electrons. The summed E-state index contributed by atoms with van der Waals surface area (Å²) in [6.45, 7) is 13.5. The summed E-state index contributed by atoms with van der Waals surface area (Å²) in [5, 5.41) is 10.6. The molecule has 3 atom stereocenters. The van der Waals surface area contributed by atoms with Gasteiger partial charge in [-0.25, -0.2) is 0 Å². The van der Waals surface area contributed by atoms with E-state index in [2.05, 4.69) is 40.7 Å². The summed E-state index contributed by atoms with van der Waals surface area (Å²) in [5.74, 6) is 2.57. The molecule has 1 aromatic carbocycles. The van der Waals surface area contributed by atoms with Crippen molar-refractivity contribution in [3.05, 3.63) is 58.2 Å². The van der Waals surface area contributed by atoms with Crippen LogP contribution in [0.25, 0.3) is 0 Å². The van der Waals surface area contributed by atoms with E-state index < -0.39 is 6.10 Å². The molecule has 0 aromatic heterocycles. The summed E-state index contributed by atoms with van der Waals surface area (Å²) in [6, 6.07) is 7.44. The third kappa shape index (κ3) is 8.89. The van der Waals surface area contributed by atoms with Crippen molar-refractivity contribution in [1.82, 2.24) is 0 Å². The number of carbonyl (C=O) groups is 1. The number of hydrogen-bond donors (Lipinski definition) is 1. The number of aliphatic hydroxyl groups excluding tert-OH is 1. The normalized spacial score (nSPS) is 18.6. The predicted molar refractivity (Wildman–Crippen MR) is 142 cm³/mol. The van der Waals surface area contributed by atoms with Crippen LogP contribution in [0.1, 0.15) is 128 Å². The molecule has 1 aromatic rings. The molecule has 33 heavy (non-hydrogen) atoms. The fourth-order valence-electron chi connectivity index (χ4n) is 5.02. The van der Waals surface area contributed by atoms with Gasteiger partial charge in [0.25, 0.3) is 0 Å². The first-order valence-corrected chi connectivity index (χ1v) is 13.4. The highest BCUT2D eigenvalue weighted by atomic mass is 16.3. The van der Waals surface area contributed by atoms with Crippen molar-refractivity contribution in [2.24, 2.45) is 17.8 Å². The maximum absolute atomic E-state index is 12.9.